The topological polar surface area (TPSA) is 58.6 Å². The summed E-state index contributed by atoms with van der Waals surface area (Å²) in [5.74, 6) is 0.312. The van der Waals surface area contributed by atoms with Gasteiger partial charge in [0.1, 0.15) is 11.3 Å². The third-order valence-electron chi connectivity index (χ3n) is 4.45. The number of aryl methyl sites for hydroxylation is 1. The summed E-state index contributed by atoms with van der Waals surface area (Å²) in [6, 6.07) is 13.0. The molecule has 0 spiro atoms. The van der Waals surface area contributed by atoms with Crippen LogP contribution in [0.4, 0.5) is 5.69 Å². The molecule has 0 saturated carbocycles. The zero-order chi connectivity index (χ0) is 18.8. The largest absolute Gasteiger partial charge is 0.496 e. The summed E-state index contributed by atoms with van der Waals surface area (Å²) in [6.07, 6.45) is 1.65. The van der Waals surface area contributed by atoms with Crippen LogP contribution in [0.3, 0.4) is 0 Å². The zero-order valence-corrected chi connectivity index (χ0v) is 15.4. The van der Waals surface area contributed by atoms with E-state index in [1.54, 1.807) is 25.3 Å². The quantitative estimate of drug-likeness (QED) is 0.677. The lowest BCUT2D eigenvalue weighted by atomic mass is 9.95. The molecule has 1 saturated heterocycles. The summed E-state index contributed by atoms with van der Waals surface area (Å²) in [5.41, 5.74) is 6.19. The number of hydrazine groups is 1. The first-order chi connectivity index (χ1) is 12.4. The van der Waals surface area contributed by atoms with Crippen molar-refractivity contribution >= 4 is 23.6 Å². The molecule has 1 aliphatic heterocycles. The van der Waals surface area contributed by atoms with Crippen LogP contribution in [-0.2, 0) is 9.59 Å². The molecule has 2 amide bonds. The van der Waals surface area contributed by atoms with Crippen LogP contribution in [0.25, 0.3) is 6.08 Å². The molecule has 2 aromatic rings. The van der Waals surface area contributed by atoms with Crippen molar-refractivity contribution < 1.29 is 14.3 Å². The molecule has 0 atom stereocenters. The number of nitrogens with zero attached hydrogens (tertiary/aromatic N) is 1. The number of carbonyl (C=O) groups excluding carboxylic acids is 2. The van der Waals surface area contributed by atoms with E-state index in [1.165, 1.54) is 5.01 Å². The maximum absolute atomic E-state index is 12.7. The minimum absolute atomic E-state index is 0.122. The van der Waals surface area contributed by atoms with E-state index in [0.717, 1.165) is 22.4 Å². The standard InChI is InChI=1S/C21H22N2O3/c1-13(2)17-11-15(14(3)10-19(17)26-4)12-18-20(24)22-23(21(18)25)16-8-6-5-7-9-16/h5-13H,1-4H3,(H,22,24)/b18-12-. The molecular formula is C21H22N2O3. The molecule has 1 fully saturated rings. The van der Waals surface area contributed by atoms with Crippen molar-refractivity contribution in [3.05, 3.63) is 64.7 Å². The predicted octanol–water partition coefficient (Wildman–Crippen LogP) is 3.59. The molecule has 2 aromatic carbocycles. The lowest BCUT2D eigenvalue weighted by Gasteiger charge is -2.15. The Morgan fingerprint density at radius 1 is 1.12 bits per heavy atom. The van der Waals surface area contributed by atoms with Gasteiger partial charge in [-0.2, -0.15) is 0 Å². The number of hydrogen-bond acceptors (Lipinski definition) is 3. The van der Waals surface area contributed by atoms with Gasteiger partial charge in [-0.1, -0.05) is 32.0 Å². The van der Waals surface area contributed by atoms with Crippen LogP contribution in [0.2, 0.25) is 0 Å². The van der Waals surface area contributed by atoms with Gasteiger partial charge in [-0.3, -0.25) is 15.0 Å². The highest BCUT2D eigenvalue weighted by Gasteiger charge is 2.34. The number of benzene rings is 2. The molecule has 1 N–H and O–H groups in total. The summed E-state index contributed by atoms with van der Waals surface area (Å²) in [7, 11) is 1.64. The highest BCUT2D eigenvalue weighted by atomic mass is 16.5. The minimum atomic E-state index is -0.403. The first-order valence-corrected chi connectivity index (χ1v) is 8.53. The third-order valence-corrected chi connectivity index (χ3v) is 4.45. The van der Waals surface area contributed by atoms with Gasteiger partial charge in [-0.05, 0) is 59.9 Å². The van der Waals surface area contributed by atoms with Crippen molar-refractivity contribution in [2.24, 2.45) is 0 Å². The number of methoxy groups -OCH3 is 1. The molecule has 3 rings (SSSR count). The Hall–Kier alpha value is -3.08. The molecular weight excluding hydrogens is 328 g/mol. The van der Waals surface area contributed by atoms with E-state index in [1.807, 2.05) is 37.3 Å². The third kappa shape index (κ3) is 3.20. The Bertz CT molecular complexity index is 886. The molecule has 0 aliphatic carbocycles. The second-order valence-corrected chi connectivity index (χ2v) is 6.58. The second-order valence-electron chi connectivity index (χ2n) is 6.58. The number of rotatable bonds is 4. The summed E-state index contributed by atoms with van der Waals surface area (Å²) in [5, 5.41) is 1.27. The Kier molecular flexibility index (Phi) is 4.80. The van der Waals surface area contributed by atoms with E-state index in [-0.39, 0.29) is 17.4 Å². The van der Waals surface area contributed by atoms with Crippen LogP contribution < -0.4 is 15.2 Å². The van der Waals surface area contributed by atoms with Crippen LogP contribution >= 0.6 is 0 Å². The first kappa shape index (κ1) is 17.7. The normalized spacial score (nSPS) is 15.7. The van der Waals surface area contributed by atoms with Crippen LogP contribution in [0, 0.1) is 6.92 Å². The number of amides is 2. The molecule has 5 nitrogen and oxygen atoms in total. The maximum atomic E-state index is 12.7. The van der Waals surface area contributed by atoms with Crippen molar-refractivity contribution in [3.63, 3.8) is 0 Å². The fourth-order valence-corrected chi connectivity index (χ4v) is 2.97. The van der Waals surface area contributed by atoms with Crippen LogP contribution in [0.5, 0.6) is 5.75 Å². The average Bonchev–Trinajstić information content (AvgIpc) is 2.91. The average molecular weight is 350 g/mol. The van der Waals surface area contributed by atoms with Gasteiger partial charge in [0.2, 0.25) is 0 Å². The van der Waals surface area contributed by atoms with Crippen LogP contribution in [0.1, 0.15) is 36.5 Å². The summed E-state index contributed by atoms with van der Waals surface area (Å²) in [6.45, 7) is 6.09. The number of nitrogens with one attached hydrogen (secondary N) is 1. The smallest absolute Gasteiger partial charge is 0.282 e. The van der Waals surface area contributed by atoms with E-state index in [2.05, 4.69) is 19.3 Å². The monoisotopic (exact) mass is 350 g/mol. The first-order valence-electron chi connectivity index (χ1n) is 8.53. The molecule has 1 aliphatic rings. The van der Waals surface area contributed by atoms with Crippen molar-refractivity contribution in [1.82, 2.24) is 5.43 Å². The fraction of sp³-hybridized carbons (Fsp3) is 0.238. The van der Waals surface area contributed by atoms with Gasteiger partial charge < -0.3 is 4.74 Å². The van der Waals surface area contributed by atoms with Crippen molar-refractivity contribution in [2.75, 3.05) is 12.1 Å². The lowest BCUT2D eigenvalue weighted by molar-refractivity contribution is -0.117. The van der Waals surface area contributed by atoms with Crippen LogP contribution in [0.15, 0.2) is 48.0 Å². The zero-order valence-electron chi connectivity index (χ0n) is 15.4. The van der Waals surface area contributed by atoms with E-state index in [9.17, 15) is 9.59 Å². The summed E-state index contributed by atoms with van der Waals surface area (Å²) in [4.78, 5) is 25.1. The fourth-order valence-electron chi connectivity index (χ4n) is 2.97. The molecule has 0 unspecified atom stereocenters. The molecule has 0 bridgehead atoms. The van der Waals surface area contributed by atoms with Gasteiger partial charge >= 0.3 is 0 Å². The number of para-hydroxylation sites is 1. The van der Waals surface area contributed by atoms with Gasteiger partial charge in [0, 0.05) is 0 Å². The van der Waals surface area contributed by atoms with Crippen molar-refractivity contribution in [2.45, 2.75) is 26.7 Å². The Morgan fingerprint density at radius 3 is 2.42 bits per heavy atom. The number of ether oxygens (including phenoxy) is 1. The van der Waals surface area contributed by atoms with E-state index in [4.69, 9.17) is 4.74 Å². The number of carbonyl (C=O) groups is 2. The number of anilines is 1. The van der Waals surface area contributed by atoms with Gasteiger partial charge in [-0.15, -0.1) is 0 Å². The van der Waals surface area contributed by atoms with Gasteiger partial charge in [-0.25, -0.2) is 5.01 Å². The maximum Gasteiger partial charge on any atom is 0.282 e. The van der Waals surface area contributed by atoms with Crippen molar-refractivity contribution in [1.29, 1.82) is 0 Å². The minimum Gasteiger partial charge on any atom is -0.496 e. The molecule has 5 heteroatoms. The molecule has 26 heavy (non-hydrogen) atoms. The Balaban J connectivity index is 2.01. The highest BCUT2D eigenvalue weighted by molar-refractivity contribution is 6.31. The van der Waals surface area contributed by atoms with Crippen molar-refractivity contribution in [3.8, 4) is 5.75 Å². The van der Waals surface area contributed by atoms with Gasteiger partial charge in [0.25, 0.3) is 11.8 Å². The SMILES string of the molecule is COc1cc(C)c(/C=C2/C(=O)NN(c3ccccc3)C2=O)cc1C(C)C. The predicted molar refractivity (Wildman–Crippen MR) is 102 cm³/mol. The Morgan fingerprint density at radius 2 is 1.81 bits per heavy atom. The van der Waals surface area contributed by atoms with Gasteiger partial charge in [0.15, 0.2) is 0 Å². The van der Waals surface area contributed by atoms with E-state index < -0.39 is 5.91 Å². The van der Waals surface area contributed by atoms with Crippen LogP contribution in [-0.4, -0.2) is 18.9 Å². The highest BCUT2D eigenvalue weighted by Crippen LogP contribution is 2.31. The molecule has 1 heterocycles. The molecule has 0 aromatic heterocycles. The summed E-state index contributed by atoms with van der Waals surface area (Å²) >= 11 is 0. The summed E-state index contributed by atoms with van der Waals surface area (Å²) < 4.78 is 5.45. The molecule has 134 valence electrons. The number of hydrogen-bond donors (Lipinski definition) is 1. The van der Waals surface area contributed by atoms with Gasteiger partial charge in [0.05, 0.1) is 12.8 Å². The van der Waals surface area contributed by atoms with E-state index >= 15 is 0 Å². The Labute approximate surface area is 153 Å². The molecule has 0 radical (unpaired) electrons. The van der Waals surface area contributed by atoms with E-state index in [0.29, 0.717) is 5.69 Å². The second kappa shape index (κ2) is 7.04. The lowest BCUT2D eigenvalue weighted by Crippen LogP contribution is -2.35.